The highest BCUT2D eigenvalue weighted by molar-refractivity contribution is 6.28. The Kier molecular flexibility index (Phi) is 7.17. The fourth-order valence-corrected chi connectivity index (χ4v) is 5.77. The highest BCUT2D eigenvalue weighted by Crippen LogP contribution is 2.42. The molecule has 0 atom stereocenters. The lowest BCUT2D eigenvalue weighted by Gasteiger charge is -2.20. The minimum absolute atomic E-state index is 0.0603. The quantitative estimate of drug-likeness (QED) is 0.133. The predicted molar refractivity (Wildman–Crippen MR) is 154 cm³/mol. The van der Waals surface area contributed by atoms with Gasteiger partial charge in [0.15, 0.2) is 5.78 Å². The molecule has 4 aromatic rings. The van der Waals surface area contributed by atoms with Gasteiger partial charge in [0, 0.05) is 36.8 Å². The molecule has 0 N–H and O–H groups in total. The van der Waals surface area contributed by atoms with Gasteiger partial charge in [-0.2, -0.15) is 9.97 Å². The number of aromatic nitrogens is 4. The van der Waals surface area contributed by atoms with E-state index in [1.165, 1.54) is 12.7 Å². The summed E-state index contributed by atoms with van der Waals surface area (Å²) in [6, 6.07) is 11.1. The summed E-state index contributed by atoms with van der Waals surface area (Å²) in [5, 5.41) is 11.4. The summed E-state index contributed by atoms with van der Waals surface area (Å²) in [5.41, 5.74) is 5.32. The predicted octanol–water partition coefficient (Wildman–Crippen LogP) is 5.08. The second-order valence-corrected chi connectivity index (χ2v) is 10.3. The maximum atomic E-state index is 12.4. The van der Waals surface area contributed by atoms with Crippen LogP contribution in [-0.2, 0) is 24.0 Å². The third-order valence-electron chi connectivity index (χ3n) is 7.29. The molecule has 0 bridgehead atoms. The number of carbonyl (C=O) groups excluding carboxylic acids is 2. The van der Waals surface area contributed by atoms with E-state index in [1.54, 1.807) is 23.2 Å². The smallest absolute Gasteiger partial charge is 0.339 e. The topological polar surface area (TPSA) is 145 Å². The first-order valence-corrected chi connectivity index (χ1v) is 13.6. The molecule has 42 heavy (non-hydrogen) atoms. The lowest BCUT2D eigenvalue weighted by atomic mass is 10.0. The average molecular weight is 606 g/mol. The molecule has 12 nitrogen and oxygen atoms in total. The Morgan fingerprint density at radius 3 is 2.21 bits per heavy atom. The third kappa shape index (κ3) is 4.78. The van der Waals surface area contributed by atoms with Crippen LogP contribution in [0, 0.1) is 10.1 Å². The van der Waals surface area contributed by atoms with Crippen molar-refractivity contribution in [2.75, 3.05) is 30.0 Å². The minimum atomic E-state index is -0.579. The van der Waals surface area contributed by atoms with E-state index in [4.69, 9.17) is 27.9 Å². The molecular formula is C28H21Cl2N7O5. The van der Waals surface area contributed by atoms with E-state index in [2.05, 4.69) is 30.9 Å². The number of anilines is 4. The van der Waals surface area contributed by atoms with Gasteiger partial charge in [-0.25, -0.2) is 14.8 Å². The van der Waals surface area contributed by atoms with Gasteiger partial charge in [-0.3, -0.25) is 14.9 Å². The summed E-state index contributed by atoms with van der Waals surface area (Å²) in [6.45, 7) is 1.28. The largest absolute Gasteiger partial charge is 0.465 e. The highest BCUT2D eigenvalue weighted by atomic mass is 35.5. The van der Waals surface area contributed by atoms with Crippen LogP contribution >= 0.6 is 23.2 Å². The SMILES string of the molecule is COC(=O)c1cccc2c1N(c1nc(Cl)ncc1[N+](=O)[O-])CC2.O=C1Cc2cnc(Cl)nc2N2CCc3cccc1c32. The number of nitrogens with zero attached hydrogens (tertiary/aromatic N) is 7. The zero-order chi connectivity index (χ0) is 29.5. The monoisotopic (exact) mass is 605 g/mol. The first-order valence-electron chi connectivity index (χ1n) is 12.9. The first kappa shape index (κ1) is 27.5. The molecule has 3 aliphatic heterocycles. The van der Waals surface area contributed by atoms with Crippen LogP contribution < -0.4 is 9.80 Å². The number of para-hydroxylation sites is 2. The summed E-state index contributed by atoms with van der Waals surface area (Å²) < 4.78 is 4.79. The van der Waals surface area contributed by atoms with Crippen LogP contribution in [0.25, 0.3) is 0 Å². The molecule has 0 saturated heterocycles. The molecule has 0 unspecified atom stereocenters. The highest BCUT2D eigenvalue weighted by Gasteiger charge is 2.33. The molecule has 0 aliphatic carbocycles. The number of fused-ring (bicyclic) bond motifs is 3. The van der Waals surface area contributed by atoms with E-state index in [9.17, 15) is 19.7 Å². The molecule has 0 spiro atoms. The molecule has 0 saturated carbocycles. The van der Waals surface area contributed by atoms with Crippen molar-refractivity contribution in [3.05, 3.63) is 97.3 Å². The number of hydrogen-bond acceptors (Lipinski definition) is 11. The molecule has 2 aromatic carbocycles. The number of hydrogen-bond donors (Lipinski definition) is 0. The van der Waals surface area contributed by atoms with Gasteiger partial charge in [-0.15, -0.1) is 0 Å². The Labute approximate surface area is 249 Å². The number of ketones is 1. The summed E-state index contributed by atoms with van der Waals surface area (Å²) >= 11 is 11.7. The lowest BCUT2D eigenvalue weighted by Crippen LogP contribution is -2.19. The van der Waals surface area contributed by atoms with Crippen molar-refractivity contribution < 1.29 is 19.2 Å². The van der Waals surface area contributed by atoms with E-state index < -0.39 is 10.9 Å². The Hall–Kier alpha value is -4.68. The fraction of sp³-hybridized carbons (Fsp3) is 0.214. The van der Waals surface area contributed by atoms with Crippen LogP contribution in [-0.4, -0.2) is 56.8 Å². The van der Waals surface area contributed by atoms with Crippen LogP contribution in [0.4, 0.5) is 28.7 Å². The normalized spacial score (nSPS) is 14.3. The van der Waals surface area contributed by atoms with Gasteiger partial charge in [-0.05, 0) is 59.3 Å². The number of carbonyl (C=O) groups is 2. The van der Waals surface area contributed by atoms with Gasteiger partial charge in [0.2, 0.25) is 16.4 Å². The summed E-state index contributed by atoms with van der Waals surface area (Å²) in [5.74, 6) is 0.437. The number of ether oxygens (including phenoxy) is 1. The summed E-state index contributed by atoms with van der Waals surface area (Å²) in [7, 11) is 1.28. The number of Topliss-reactive ketones (excluding diaryl/α,β-unsaturated/α-hetero) is 1. The molecule has 5 heterocycles. The van der Waals surface area contributed by atoms with Crippen LogP contribution in [0.5, 0.6) is 0 Å². The van der Waals surface area contributed by atoms with Gasteiger partial charge in [-0.1, -0.05) is 24.3 Å². The summed E-state index contributed by atoms with van der Waals surface area (Å²) in [6.07, 6.45) is 4.60. The van der Waals surface area contributed by atoms with E-state index >= 15 is 0 Å². The number of methoxy groups -OCH3 is 1. The lowest BCUT2D eigenvalue weighted by molar-refractivity contribution is -0.384. The number of nitro groups is 1. The van der Waals surface area contributed by atoms with E-state index in [0.29, 0.717) is 30.6 Å². The molecule has 2 aromatic heterocycles. The van der Waals surface area contributed by atoms with Crippen LogP contribution in [0.2, 0.25) is 10.6 Å². The van der Waals surface area contributed by atoms with Crippen molar-refractivity contribution in [1.29, 1.82) is 0 Å². The van der Waals surface area contributed by atoms with E-state index in [1.807, 2.05) is 18.2 Å². The number of rotatable bonds is 3. The van der Waals surface area contributed by atoms with Crippen molar-refractivity contribution in [1.82, 2.24) is 19.9 Å². The van der Waals surface area contributed by atoms with Crippen LogP contribution in [0.15, 0.2) is 48.8 Å². The molecule has 0 radical (unpaired) electrons. The Morgan fingerprint density at radius 1 is 0.905 bits per heavy atom. The second kappa shape index (κ2) is 11.0. The Balaban J connectivity index is 0.000000153. The average Bonchev–Trinajstić information content (AvgIpc) is 3.59. The van der Waals surface area contributed by atoms with Crippen molar-refractivity contribution in [2.45, 2.75) is 19.3 Å². The van der Waals surface area contributed by atoms with Crippen molar-refractivity contribution in [3.63, 3.8) is 0 Å². The van der Waals surface area contributed by atoms with Crippen molar-refractivity contribution >= 4 is 63.7 Å². The molecule has 3 aliphatic rings. The van der Waals surface area contributed by atoms with Gasteiger partial charge < -0.3 is 14.5 Å². The van der Waals surface area contributed by atoms with Crippen molar-refractivity contribution in [3.8, 4) is 0 Å². The maximum absolute atomic E-state index is 12.4. The zero-order valence-corrected chi connectivity index (χ0v) is 23.6. The van der Waals surface area contributed by atoms with Crippen molar-refractivity contribution in [2.24, 2.45) is 0 Å². The zero-order valence-electron chi connectivity index (χ0n) is 22.1. The molecule has 0 amide bonds. The minimum Gasteiger partial charge on any atom is -0.465 e. The van der Waals surface area contributed by atoms with Gasteiger partial charge in [0.05, 0.1) is 29.0 Å². The number of esters is 1. The van der Waals surface area contributed by atoms with E-state index in [-0.39, 0.29) is 27.9 Å². The number of benzene rings is 2. The van der Waals surface area contributed by atoms with Crippen LogP contribution in [0.3, 0.4) is 0 Å². The first-order chi connectivity index (χ1) is 20.3. The molecule has 0 fully saturated rings. The number of halogens is 2. The standard InChI is InChI=1S/C14H11ClN4O4.C14H10ClN3O/c1-23-13(20)9-4-2-3-8-5-6-18(11(8)9)12-10(19(21)22)7-16-14(15)17-12;15-14-16-7-9-6-11(19)10-3-1-2-8-4-5-18(12(8)10)13(9)17-14/h2-4,7H,5-6H2,1H3;1-3,7H,4-6H2. The van der Waals surface area contributed by atoms with Gasteiger partial charge >= 0.3 is 11.7 Å². The molecule has 14 heteroatoms. The summed E-state index contributed by atoms with van der Waals surface area (Å²) in [4.78, 5) is 54.7. The van der Waals surface area contributed by atoms with E-state index in [0.717, 1.165) is 47.4 Å². The molecule has 212 valence electrons. The molecule has 7 rings (SSSR count). The Morgan fingerprint density at radius 2 is 1.52 bits per heavy atom. The maximum Gasteiger partial charge on any atom is 0.339 e. The fourth-order valence-electron chi connectivity index (χ4n) is 5.51. The van der Waals surface area contributed by atoms with Gasteiger partial charge in [0.25, 0.3) is 0 Å². The molecular weight excluding hydrogens is 585 g/mol. The van der Waals surface area contributed by atoms with Gasteiger partial charge in [0.1, 0.15) is 12.0 Å². The second-order valence-electron chi connectivity index (χ2n) is 9.61. The Bertz CT molecular complexity index is 1780. The third-order valence-corrected chi connectivity index (χ3v) is 7.65. The van der Waals surface area contributed by atoms with Crippen LogP contribution in [0.1, 0.15) is 37.4 Å².